The molecule has 13 atom stereocenters. The molecule has 2 N–H and O–H groups in total. The van der Waals surface area contributed by atoms with Gasteiger partial charge in [0.15, 0.2) is 6.29 Å². The van der Waals surface area contributed by atoms with Gasteiger partial charge in [-0.2, -0.15) is 0 Å². The summed E-state index contributed by atoms with van der Waals surface area (Å²) in [6.07, 6.45) is 9.00. The van der Waals surface area contributed by atoms with Crippen LogP contribution < -0.4 is 0 Å². The highest BCUT2D eigenvalue weighted by Gasteiger charge is 2.84. The summed E-state index contributed by atoms with van der Waals surface area (Å²) in [6.45, 7) is 22.1. The van der Waals surface area contributed by atoms with Gasteiger partial charge in [0.25, 0.3) is 0 Å². The number of hydrogen-bond acceptors (Lipinski definition) is 7. The molecule has 0 amide bonds. The SMILES string of the molecule is CC1CC(CO)OC2C1C1(C)CCC34CC35CCC(OC3CN(C6CN(C(C)C)C6)CCO3)C(C)(C)C5CCC4C1(C)C2O. The van der Waals surface area contributed by atoms with Crippen molar-refractivity contribution in [3.05, 3.63) is 0 Å². The number of hydrogen-bond donors (Lipinski definition) is 2. The molecule has 5 saturated carbocycles. The minimum Gasteiger partial charge on any atom is -0.394 e. The van der Waals surface area contributed by atoms with Crippen molar-refractivity contribution in [2.75, 3.05) is 39.4 Å². The van der Waals surface area contributed by atoms with E-state index >= 15 is 0 Å². The van der Waals surface area contributed by atoms with Crippen LogP contribution in [0, 0.1) is 50.7 Å². The van der Waals surface area contributed by atoms with E-state index in [-0.39, 0.29) is 47.5 Å². The van der Waals surface area contributed by atoms with Crippen LogP contribution in [0.25, 0.3) is 0 Å². The van der Waals surface area contributed by atoms with E-state index in [9.17, 15) is 10.2 Å². The van der Waals surface area contributed by atoms with Crippen molar-refractivity contribution in [1.82, 2.24) is 9.80 Å². The molecule has 2 spiro atoms. The second-order valence-electron chi connectivity index (χ2n) is 18.4. The lowest BCUT2D eigenvalue weighted by Gasteiger charge is -2.64. The van der Waals surface area contributed by atoms with Crippen LogP contribution >= 0.6 is 0 Å². The van der Waals surface area contributed by atoms with Crippen LogP contribution in [0.15, 0.2) is 0 Å². The van der Waals surface area contributed by atoms with Crippen LogP contribution in [0.2, 0.25) is 0 Å². The van der Waals surface area contributed by atoms with Crippen molar-refractivity contribution in [3.63, 3.8) is 0 Å². The van der Waals surface area contributed by atoms with Crippen LogP contribution in [0.3, 0.4) is 0 Å². The predicted molar refractivity (Wildman–Crippen MR) is 170 cm³/mol. The lowest BCUT2D eigenvalue weighted by atomic mass is 9.41. The molecule has 8 aliphatic rings. The molecule has 3 saturated heterocycles. The van der Waals surface area contributed by atoms with Gasteiger partial charge in [-0.1, -0.05) is 34.6 Å². The molecule has 44 heavy (non-hydrogen) atoms. The highest BCUT2D eigenvalue weighted by Crippen LogP contribution is 2.89. The Morgan fingerprint density at radius 3 is 2.41 bits per heavy atom. The molecule has 13 unspecified atom stereocenters. The molecule has 0 radical (unpaired) electrons. The minimum absolute atomic E-state index is 0.0609. The molecule has 0 bridgehead atoms. The van der Waals surface area contributed by atoms with Gasteiger partial charge in [0, 0.05) is 43.7 Å². The van der Waals surface area contributed by atoms with Crippen molar-refractivity contribution in [3.8, 4) is 0 Å². The molecule has 8 fully saturated rings. The third-order valence-corrected chi connectivity index (χ3v) is 16.5. The lowest BCUT2D eigenvalue weighted by molar-refractivity contribution is -0.253. The quantitative estimate of drug-likeness (QED) is 0.455. The van der Waals surface area contributed by atoms with Gasteiger partial charge in [-0.25, -0.2) is 0 Å². The Labute approximate surface area is 266 Å². The summed E-state index contributed by atoms with van der Waals surface area (Å²) in [5.74, 6) is 2.05. The fraction of sp³-hybridized carbons (Fsp3) is 1.00. The standard InChI is InChI=1S/C37H62N2O5/c1-22(2)39-17-24(18-39)38-14-15-42-29(19-38)44-28-10-11-36-21-37(36)13-12-34(6)30-23(3)16-25(20-40)43-31(30)32(41)35(34,7)27(37)9-8-26(36)33(28,4)5/h22-32,40-41H,8-21H2,1-7H3. The normalized spacial score (nSPS) is 55.4. The van der Waals surface area contributed by atoms with Gasteiger partial charge in [0.2, 0.25) is 0 Å². The Hall–Kier alpha value is -0.280. The average Bonchev–Trinajstić information content (AvgIpc) is 3.58. The first-order valence-electron chi connectivity index (χ1n) is 18.5. The molecule has 0 aromatic carbocycles. The summed E-state index contributed by atoms with van der Waals surface area (Å²) >= 11 is 0. The first-order chi connectivity index (χ1) is 20.8. The summed E-state index contributed by atoms with van der Waals surface area (Å²) in [7, 11) is 0. The molecule has 0 aromatic rings. The molecule has 0 aromatic heterocycles. The van der Waals surface area contributed by atoms with Crippen LogP contribution in [0.5, 0.6) is 0 Å². The zero-order chi connectivity index (χ0) is 31.0. The number of rotatable bonds is 5. The number of morpholine rings is 1. The largest absolute Gasteiger partial charge is 0.394 e. The van der Waals surface area contributed by atoms with Crippen molar-refractivity contribution in [1.29, 1.82) is 0 Å². The van der Waals surface area contributed by atoms with E-state index in [4.69, 9.17) is 14.2 Å². The highest BCUT2D eigenvalue weighted by molar-refractivity contribution is 5.32. The van der Waals surface area contributed by atoms with Gasteiger partial charge >= 0.3 is 0 Å². The van der Waals surface area contributed by atoms with Crippen molar-refractivity contribution >= 4 is 0 Å². The second-order valence-corrected chi connectivity index (χ2v) is 18.4. The summed E-state index contributed by atoms with van der Waals surface area (Å²) in [5.41, 5.74) is 0.792. The molecule has 3 aliphatic heterocycles. The Kier molecular flexibility index (Phi) is 7.13. The maximum atomic E-state index is 12.2. The van der Waals surface area contributed by atoms with Crippen LogP contribution in [0.1, 0.15) is 99.8 Å². The summed E-state index contributed by atoms with van der Waals surface area (Å²) in [4.78, 5) is 5.19. The first kappa shape index (κ1) is 31.0. The van der Waals surface area contributed by atoms with Crippen molar-refractivity contribution in [2.24, 2.45) is 50.7 Å². The molecule has 7 heteroatoms. The predicted octanol–water partition coefficient (Wildman–Crippen LogP) is 4.93. The number of nitrogens with zero attached hydrogens (tertiary/aromatic N) is 2. The lowest BCUT2D eigenvalue weighted by Crippen LogP contribution is -2.64. The van der Waals surface area contributed by atoms with E-state index < -0.39 is 6.10 Å². The first-order valence-corrected chi connectivity index (χ1v) is 18.5. The minimum atomic E-state index is -0.451. The monoisotopic (exact) mass is 614 g/mol. The second kappa shape index (κ2) is 10.1. The molecule has 250 valence electrons. The van der Waals surface area contributed by atoms with Crippen LogP contribution in [-0.4, -0.2) is 102 Å². The molecular formula is C37H62N2O5. The molecule has 8 rings (SSSR count). The van der Waals surface area contributed by atoms with E-state index in [0.717, 1.165) is 32.5 Å². The van der Waals surface area contributed by atoms with Crippen LogP contribution in [0.4, 0.5) is 0 Å². The van der Waals surface area contributed by atoms with Gasteiger partial charge < -0.3 is 24.4 Å². The van der Waals surface area contributed by atoms with Crippen molar-refractivity contribution < 1.29 is 24.4 Å². The zero-order valence-corrected chi connectivity index (χ0v) is 28.8. The number of likely N-dealkylation sites (tertiary alicyclic amines) is 1. The van der Waals surface area contributed by atoms with Gasteiger partial charge in [-0.05, 0) is 111 Å². The van der Waals surface area contributed by atoms with E-state index in [2.05, 4.69) is 58.3 Å². The van der Waals surface area contributed by atoms with Gasteiger partial charge in [-0.3, -0.25) is 9.80 Å². The fourth-order valence-corrected chi connectivity index (χ4v) is 14.1. The zero-order valence-electron chi connectivity index (χ0n) is 28.8. The third-order valence-electron chi connectivity index (χ3n) is 16.5. The fourth-order valence-electron chi connectivity index (χ4n) is 14.1. The molecular weight excluding hydrogens is 552 g/mol. The Balaban J connectivity index is 0.994. The van der Waals surface area contributed by atoms with E-state index in [1.807, 2.05) is 0 Å². The third kappa shape index (κ3) is 3.87. The van der Waals surface area contributed by atoms with Crippen molar-refractivity contribution in [2.45, 2.75) is 143 Å². The van der Waals surface area contributed by atoms with Gasteiger partial charge in [-0.15, -0.1) is 0 Å². The number of aliphatic hydroxyl groups is 2. The Morgan fingerprint density at radius 1 is 0.955 bits per heavy atom. The van der Waals surface area contributed by atoms with Gasteiger partial charge in [0.05, 0.1) is 37.6 Å². The number of ether oxygens (including phenoxy) is 3. The summed E-state index contributed by atoms with van der Waals surface area (Å²) in [5, 5.41) is 22.2. The maximum absolute atomic E-state index is 12.2. The van der Waals surface area contributed by atoms with Gasteiger partial charge in [0.1, 0.15) is 0 Å². The summed E-state index contributed by atoms with van der Waals surface area (Å²) < 4.78 is 19.8. The molecule has 5 aliphatic carbocycles. The molecule has 7 nitrogen and oxygen atoms in total. The van der Waals surface area contributed by atoms with E-state index in [0.29, 0.717) is 46.6 Å². The number of fused-ring (bicyclic) bond motifs is 4. The smallest absolute Gasteiger partial charge is 0.170 e. The highest BCUT2D eigenvalue weighted by atomic mass is 16.7. The average molecular weight is 615 g/mol. The Bertz CT molecular complexity index is 1130. The topological polar surface area (TPSA) is 74.6 Å². The number of aliphatic hydroxyl groups excluding tert-OH is 2. The van der Waals surface area contributed by atoms with E-state index in [1.54, 1.807) is 0 Å². The molecule has 3 heterocycles. The Morgan fingerprint density at radius 2 is 1.68 bits per heavy atom. The maximum Gasteiger partial charge on any atom is 0.170 e. The summed E-state index contributed by atoms with van der Waals surface area (Å²) in [6, 6.07) is 1.28. The van der Waals surface area contributed by atoms with Crippen LogP contribution in [-0.2, 0) is 14.2 Å². The van der Waals surface area contributed by atoms with E-state index in [1.165, 1.54) is 51.6 Å².